The molecule has 1 aliphatic rings. The number of piperidine rings is 1. The number of aromatic nitrogens is 3. The zero-order valence-electron chi connectivity index (χ0n) is 22.2. The number of amides is 1. The van der Waals surface area contributed by atoms with Crippen molar-refractivity contribution >= 4 is 35.0 Å². The van der Waals surface area contributed by atoms with Gasteiger partial charge in [-0.25, -0.2) is 4.98 Å². The Morgan fingerprint density at radius 2 is 1.82 bits per heavy atom. The third-order valence-electron chi connectivity index (χ3n) is 6.69. The maximum Gasteiger partial charge on any atom is 0.446 e. The number of aliphatic carboxylic acids is 1. The molecule has 1 amide bonds. The third-order valence-corrected chi connectivity index (χ3v) is 8.30. The summed E-state index contributed by atoms with van der Waals surface area (Å²) in [4.78, 5) is 30.6. The number of likely N-dealkylation sites (tertiary alicyclic amines) is 1. The van der Waals surface area contributed by atoms with Crippen molar-refractivity contribution in [3.05, 3.63) is 52.3 Å². The Kier molecular flexibility index (Phi) is 8.46. The molecule has 1 fully saturated rings. The van der Waals surface area contributed by atoms with Crippen LogP contribution in [0.15, 0.2) is 34.5 Å². The summed E-state index contributed by atoms with van der Waals surface area (Å²) < 4.78 is 40.9. The van der Waals surface area contributed by atoms with Crippen molar-refractivity contribution in [3.8, 4) is 10.6 Å². The van der Waals surface area contributed by atoms with E-state index in [2.05, 4.69) is 5.10 Å². The van der Waals surface area contributed by atoms with Gasteiger partial charge in [-0.2, -0.15) is 18.3 Å². The fourth-order valence-electron chi connectivity index (χ4n) is 4.59. The lowest BCUT2D eigenvalue weighted by Gasteiger charge is -2.31. The molecule has 0 unspecified atom stereocenters. The predicted octanol–water partition coefficient (Wildman–Crippen LogP) is 6.26. The highest BCUT2D eigenvalue weighted by atomic mass is 32.2. The topological polar surface area (TPSA) is 88.3 Å². The van der Waals surface area contributed by atoms with Crippen molar-refractivity contribution in [2.45, 2.75) is 75.2 Å². The number of halogens is 3. The Bertz CT molecular complexity index is 1350. The Balaban J connectivity index is 1.42. The fourth-order valence-corrected chi connectivity index (χ4v) is 6.12. The van der Waals surface area contributed by atoms with Gasteiger partial charge in [0.2, 0.25) is 5.91 Å². The van der Waals surface area contributed by atoms with Gasteiger partial charge in [0.25, 0.3) is 0 Å². The van der Waals surface area contributed by atoms with Crippen LogP contribution in [-0.4, -0.2) is 55.2 Å². The Labute approximate surface area is 233 Å². The van der Waals surface area contributed by atoms with E-state index >= 15 is 0 Å². The second-order valence-electron chi connectivity index (χ2n) is 10.8. The summed E-state index contributed by atoms with van der Waals surface area (Å²) in [5.41, 5.74) is -1.14. The molecular weight excluding hydrogens is 549 g/mol. The summed E-state index contributed by atoms with van der Waals surface area (Å²) in [5.74, 6) is -0.891. The van der Waals surface area contributed by atoms with E-state index in [0.717, 1.165) is 29.8 Å². The number of rotatable bonds is 7. The zero-order valence-corrected chi connectivity index (χ0v) is 23.8. The molecule has 0 radical (unpaired) electrons. The fraction of sp³-hybridized carbons (Fsp3) is 0.481. The van der Waals surface area contributed by atoms with E-state index in [9.17, 15) is 22.8 Å². The molecule has 1 N–H and O–H groups in total. The molecule has 3 heterocycles. The number of carbonyl (C=O) groups is 2. The molecular formula is C27H31F3N4O3S2. The summed E-state index contributed by atoms with van der Waals surface area (Å²) in [5, 5.41) is 15.9. The summed E-state index contributed by atoms with van der Waals surface area (Å²) in [7, 11) is 0. The molecule has 12 heteroatoms. The van der Waals surface area contributed by atoms with Crippen LogP contribution in [0.25, 0.3) is 10.6 Å². The van der Waals surface area contributed by atoms with Crippen LogP contribution < -0.4 is 0 Å². The number of carbonyl (C=O) groups excluding carboxylic acids is 1. The molecule has 0 atom stereocenters. The average Bonchev–Trinajstić information content (AvgIpc) is 3.44. The minimum absolute atomic E-state index is 0.0549. The van der Waals surface area contributed by atoms with Crippen molar-refractivity contribution in [1.29, 1.82) is 0 Å². The number of carboxylic acid groups (broad SMARTS) is 1. The zero-order chi connectivity index (χ0) is 28.5. The van der Waals surface area contributed by atoms with Gasteiger partial charge in [-0.15, -0.1) is 11.3 Å². The SMILES string of the molecule is Cc1cc(CC(=O)O)nn1CC(=O)N1CCC(c2csc(-c3cc(SC(F)(F)F)cc(C(C)(C)C)c3)n2)CC1. The maximum atomic E-state index is 13.1. The normalized spacial score (nSPS) is 15.1. The van der Waals surface area contributed by atoms with Crippen LogP contribution in [0.5, 0.6) is 0 Å². The monoisotopic (exact) mass is 580 g/mol. The van der Waals surface area contributed by atoms with E-state index in [-0.39, 0.29) is 46.9 Å². The molecule has 0 bridgehead atoms. The van der Waals surface area contributed by atoms with Gasteiger partial charge in [0.1, 0.15) is 11.6 Å². The van der Waals surface area contributed by atoms with Crippen molar-refractivity contribution in [2.24, 2.45) is 0 Å². The van der Waals surface area contributed by atoms with Gasteiger partial charge in [0.05, 0.1) is 17.8 Å². The summed E-state index contributed by atoms with van der Waals surface area (Å²) in [6.45, 7) is 8.88. The summed E-state index contributed by atoms with van der Waals surface area (Å²) in [6, 6.07) is 6.75. The third kappa shape index (κ3) is 7.63. The number of aryl methyl sites for hydroxylation is 1. The van der Waals surface area contributed by atoms with Gasteiger partial charge >= 0.3 is 11.5 Å². The van der Waals surface area contributed by atoms with Crippen molar-refractivity contribution < 1.29 is 27.9 Å². The molecule has 0 spiro atoms. The second-order valence-corrected chi connectivity index (χ2v) is 12.8. The van der Waals surface area contributed by atoms with E-state index < -0.39 is 11.5 Å². The average molecular weight is 581 g/mol. The number of thiazole rings is 1. The van der Waals surface area contributed by atoms with Crippen LogP contribution in [0.3, 0.4) is 0 Å². The number of alkyl halides is 3. The molecule has 4 rings (SSSR count). The van der Waals surface area contributed by atoms with Crippen LogP contribution in [0, 0.1) is 6.92 Å². The van der Waals surface area contributed by atoms with Gasteiger partial charge in [-0.3, -0.25) is 14.3 Å². The van der Waals surface area contributed by atoms with Crippen LogP contribution in [0.2, 0.25) is 0 Å². The molecule has 2 aromatic heterocycles. The lowest BCUT2D eigenvalue weighted by molar-refractivity contribution is -0.136. The first-order valence-electron chi connectivity index (χ1n) is 12.6. The van der Waals surface area contributed by atoms with E-state index in [4.69, 9.17) is 10.1 Å². The second kappa shape index (κ2) is 11.3. The minimum atomic E-state index is -4.37. The van der Waals surface area contributed by atoms with Crippen LogP contribution in [0.1, 0.15) is 62.2 Å². The first-order valence-corrected chi connectivity index (χ1v) is 14.3. The van der Waals surface area contributed by atoms with Crippen LogP contribution >= 0.6 is 23.1 Å². The van der Waals surface area contributed by atoms with Gasteiger partial charge in [0, 0.05) is 40.5 Å². The van der Waals surface area contributed by atoms with E-state index in [1.165, 1.54) is 16.0 Å². The molecule has 7 nitrogen and oxygen atoms in total. The molecule has 1 aliphatic heterocycles. The lowest BCUT2D eigenvalue weighted by Crippen LogP contribution is -2.40. The Hall–Kier alpha value is -2.86. The minimum Gasteiger partial charge on any atom is -0.481 e. The van der Waals surface area contributed by atoms with E-state index in [1.54, 1.807) is 30.0 Å². The van der Waals surface area contributed by atoms with Crippen LogP contribution in [-0.2, 0) is 28.0 Å². The van der Waals surface area contributed by atoms with Gasteiger partial charge in [-0.1, -0.05) is 20.8 Å². The smallest absolute Gasteiger partial charge is 0.446 e. The number of thioether (sulfide) groups is 1. The molecule has 0 aliphatic carbocycles. The van der Waals surface area contributed by atoms with Crippen molar-refractivity contribution in [2.75, 3.05) is 13.1 Å². The number of hydrogen-bond donors (Lipinski definition) is 1. The summed E-state index contributed by atoms with van der Waals surface area (Å²) in [6.07, 6.45) is 1.27. The van der Waals surface area contributed by atoms with Crippen molar-refractivity contribution in [1.82, 2.24) is 19.7 Å². The van der Waals surface area contributed by atoms with Gasteiger partial charge in [-0.05, 0) is 66.8 Å². The molecule has 210 valence electrons. The molecule has 1 aromatic carbocycles. The van der Waals surface area contributed by atoms with Gasteiger partial charge < -0.3 is 10.0 Å². The molecule has 3 aromatic rings. The summed E-state index contributed by atoms with van der Waals surface area (Å²) >= 11 is 1.31. The first-order chi connectivity index (χ1) is 18.2. The molecule has 39 heavy (non-hydrogen) atoms. The lowest BCUT2D eigenvalue weighted by atomic mass is 9.86. The number of benzene rings is 1. The standard InChI is InChI=1S/C27H31F3N4O3S2/c1-16-9-20(13-24(36)37)32-34(16)14-23(35)33-7-5-17(6-8-33)22-15-38-25(31-22)18-10-19(26(2,3)4)12-21(11-18)39-27(28,29)30/h9-12,15,17H,5-8,13-14H2,1-4H3,(H,36,37). The highest BCUT2D eigenvalue weighted by Gasteiger charge is 2.31. The highest BCUT2D eigenvalue weighted by Crippen LogP contribution is 2.41. The van der Waals surface area contributed by atoms with Gasteiger partial charge in [0.15, 0.2) is 0 Å². The molecule has 1 saturated heterocycles. The van der Waals surface area contributed by atoms with Crippen molar-refractivity contribution in [3.63, 3.8) is 0 Å². The quantitative estimate of drug-likeness (QED) is 0.332. The highest BCUT2D eigenvalue weighted by molar-refractivity contribution is 8.00. The Morgan fingerprint density at radius 3 is 2.44 bits per heavy atom. The maximum absolute atomic E-state index is 13.1. The molecule has 0 saturated carbocycles. The van der Waals surface area contributed by atoms with E-state index in [0.29, 0.717) is 29.4 Å². The predicted molar refractivity (Wildman–Crippen MR) is 145 cm³/mol. The van der Waals surface area contributed by atoms with E-state index in [1.807, 2.05) is 32.2 Å². The first kappa shape index (κ1) is 29.1. The number of nitrogens with zero attached hydrogens (tertiary/aromatic N) is 4. The Morgan fingerprint density at radius 1 is 1.13 bits per heavy atom. The number of hydrogen-bond acceptors (Lipinski definition) is 6. The largest absolute Gasteiger partial charge is 0.481 e. The van der Waals surface area contributed by atoms with Crippen LogP contribution in [0.4, 0.5) is 13.2 Å². The number of carboxylic acids is 1.